The average molecular weight is 486 g/mol. The molecule has 2 N–H and O–H groups in total. The molecular weight excluding hydrogens is 454 g/mol. The summed E-state index contributed by atoms with van der Waals surface area (Å²) in [5.74, 6) is 0.560. The van der Waals surface area contributed by atoms with Crippen LogP contribution in [0, 0.1) is 0 Å². The third kappa shape index (κ3) is 6.08. The molecule has 34 heavy (non-hydrogen) atoms. The van der Waals surface area contributed by atoms with Gasteiger partial charge in [-0.05, 0) is 37.0 Å². The van der Waals surface area contributed by atoms with Gasteiger partial charge in [-0.15, -0.1) is 0 Å². The van der Waals surface area contributed by atoms with E-state index in [1.165, 1.54) is 0 Å². The van der Waals surface area contributed by atoms with Crippen LogP contribution in [-0.4, -0.2) is 55.3 Å². The maximum absolute atomic E-state index is 13.0. The van der Waals surface area contributed by atoms with E-state index in [1.807, 2.05) is 42.5 Å². The van der Waals surface area contributed by atoms with Crippen molar-refractivity contribution in [2.75, 3.05) is 18.1 Å². The minimum atomic E-state index is -3.10. The predicted molar refractivity (Wildman–Crippen MR) is 130 cm³/mol. The lowest BCUT2D eigenvalue weighted by molar-refractivity contribution is -0.140. The van der Waals surface area contributed by atoms with E-state index < -0.39 is 9.84 Å². The van der Waals surface area contributed by atoms with Crippen LogP contribution in [0.25, 0.3) is 0 Å². The van der Waals surface area contributed by atoms with Crippen molar-refractivity contribution in [2.24, 2.45) is 10.9 Å². The van der Waals surface area contributed by atoms with Gasteiger partial charge in [0, 0.05) is 12.1 Å². The topological polar surface area (TPSA) is 111 Å². The first-order valence-corrected chi connectivity index (χ1v) is 13.5. The van der Waals surface area contributed by atoms with E-state index in [4.69, 9.17) is 15.3 Å². The standard InChI is InChI=1S/C25H31N3O5S/c26-25(22-12-6-7-13-23(22)32-16-19-8-2-1-3-9-19)27-33-17-24(29)28(20-10-4-5-11-20)21-14-15-34(30,31)18-21/h1-3,6-9,12-13,20-21H,4-5,10-11,14-18H2,(H2,26,27). The SMILES string of the molecule is N/C(=N/OCC(=O)N(C1CCCC1)C1CCS(=O)(=O)C1)c1ccccc1OCc1ccccc1. The zero-order valence-corrected chi connectivity index (χ0v) is 20.0. The first-order chi connectivity index (χ1) is 16.4. The number of amides is 1. The number of sulfone groups is 1. The Kier molecular flexibility index (Phi) is 7.72. The van der Waals surface area contributed by atoms with Crippen LogP contribution in [0.5, 0.6) is 5.75 Å². The number of nitrogens with two attached hydrogens (primary N) is 1. The maximum Gasteiger partial charge on any atom is 0.263 e. The van der Waals surface area contributed by atoms with Gasteiger partial charge < -0.3 is 20.2 Å². The highest BCUT2D eigenvalue weighted by Crippen LogP contribution is 2.29. The van der Waals surface area contributed by atoms with Crippen molar-refractivity contribution in [2.45, 2.75) is 50.8 Å². The molecule has 1 saturated carbocycles. The average Bonchev–Trinajstić information content (AvgIpc) is 3.48. The number of nitrogens with zero attached hydrogens (tertiary/aromatic N) is 2. The molecule has 1 aliphatic carbocycles. The molecule has 0 bridgehead atoms. The van der Waals surface area contributed by atoms with Gasteiger partial charge in [0.05, 0.1) is 17.1 Å². The minimum Gasteiger partial charge on any atom is -0.488 e. The number of ether oxygens (including phenoxy) is 1. The Morgan fingerprint density at radius 3 is 2.41 bits per heavy atom. The molecule has 1 atom stereocenters. The Hall–Kier alpha value is -3.07. The molecule has 1 saturated heterocycles. The second-order valence-electron chi connectivity index (χ2n) is 8.82. The molecule has 8 nitrogen and oxygen atoms in total. The quantitative estimate of drug-likeness (QED) is 0.332. The number of rotatable bonds is 9. The van der Waals surface area contributed by atoms with Crippen LogP contribution in [0.3, 0.4) is 0 Å². The molecule has 9 heteroatoms. The summed E-state index contributed by atoms with van der Waals surface area (Å²) in [6.45, 7) is 0.0892. The normalized spacial score (nSPS) is 20.2. The van der Waals surface area contributed by atoms with Gasteiger partial charge in [0.2, 0.25) is 0 Å². The van der Waals surface area contributed by atoms with Gasteiger partial charge in [0.15, 0.2) is 22.3 Å². The zero-order chi connectivity index (χ0) is 24.0. The lowest BCUT2D eigenvalue weighted by Crippen LogP contribution is -2.48. The zero-order valence-electron chi connectivity index (χ0n) is 19.1. The first kappa shape index (κ1) is 24.1. The first-order valence-electron chi connectivity index (χ1n) is 11.7. The second-order valence-corrected chi connectivity index (χ2v) is 11.0. The second kappa shape index (κ2) is 10.9. The number of amidine groups is 1. The molecule has 2 fully saturated rings. The molecule has 2 aromatic rings. The van der Waals surface area contributed by atoms with Crippen LogP contribution < -0.4 is 10.5 Å². The molecule has 0 spiro atoms. The van der Waals surface area contributed by atoms with Gasteiger partial charge in [-0.2, -0.15) is 0 Å². The monoisotopic (exact) mass is 485 g/mol. The lowest BCUT2D eigenvalue weighted by atomic mass is 10.1. The molecule has 1 amide bonds. The fourth-order valence-corrected chi connectivity index (χ4v) is 6.41. The van der Waals surface area contributed by atoms with Gasteiger partial charge in [-0.25, -0.2) is 8.42 Å². The Labute approximate surface area is 200 Å². The largest absolute Gasteiger partial charge is 0.488 e. The minimum absolute atomic E-state index is 0.0206. The number of hydrogen-bond donors (Lipinski definition) is 1. The van der Waals surface area contributed by atoms with Crippen molar-refractivity contribution < 1.29 is 22.8 Å². The highest BCUT2D eigenvalue weighted by molar-refractivity contribution is 7.91. The molecule has 4 rings (SSSR count). The molecule has 2 aliphatic rings. The molecule has 1 aliphatic heterocycles. The third-order valence-electron chi connectivity index (χ3n) is 6.36. The van der Waals surface area contributed by atoms with Crippen LogP contribution in [0.4, 0.5) is 0 Å². The van der Waals surface area contributed by atoms with Crippen molar-refractivity contribution in [1.29, 1.82) is 0 Å². The number of oxime groups is 1. The number of benzene rings is 2. The van der Waals surface area contributed by atoms with Gasteiger partial charge in [0.25, 0.3) is 5.91 Å². The van der Waals surface area contributed by atoms with Gasteiger partial charge >= 0.3 is 0 Å². The van der Waals surface area contributed by atoms with Crippen LogP contribution in [0.2, 0.25) is 0 Å². The molecule has 2 aromatic carbocycles. The molecular formula is C25H31N3O5S. The van der Waals surface area contributed by atoms with Crippen molar-refractivity contribution in [3.8, 4) is 5.75 Å². The van der Waals surface area contributed by atoms with Crippen LogP contribution >= 0.6 is 0 Å². The number of para-hydroxylation sites is 1. The molecule has 1 unspecified atom stereocenters. The smallest absolute Gasteiger partial charge is 0.263 e. The highest BCUT2D eigenvalue weighted by atomic mass is 32.2. The molecule has 0 aromatic heterocycles. The number of carbonyl (C=O) groups excluding carboxylic acids is 1. The van der Waals surface area contributed by atoms with E-state index in [2.05, 4.69) is 5.16 Å². The summed E-state index contributed by atoms with van der Waals surface area (Å²) in [4.78, 5) is 20.1. The van der Waals surface area contributed by atoms with Crippen molar-refractivity contribution in [3.05, 3.63) is 65.7 Å². The van der Waals surface area contributed by atoms with Gasteiger partial charge in [-0.1, -0.05) is 60.5 Å². The summed E-state index contributed by atoms with van der Waals surface area (Å²) >= 11 is 0. The van der Waals surface area contributed by atoms with Crippen molar-refractivity contribution in [1.82, 2.24) is 4.90 Å². The van der Waals surface area contributed by atoms with E-state index in [9.17, 15) is 13.2 Å². The summed E-state index contributed by atoms with van der Waals surface area (Å²) in [6, 6.07) is 16.8. The van der Waals surface area contributed by atoms with Crippen molar-refractivity contribution in [3.63, 3.8) is 0 Å². The third-order valence-corrected chi connectivity index (χ3v) is 8.11. The summed E-state index contributed by atoms with van der Waals surface area (Å²) in [5.41, 5.74) is 7.74. The summed E-state index contributed by atoms with van der Waals surface area (Å²) in [7, 11) is -3.10. The van der Waals surface area contributed by atoms with E-state index in [1.54, 1.807) is 17.0 Å². The van der Waals surface area contributed by atoms with E-state index in [0.717, 1.165) is 31.2 Å². The van der Waals surface area contributed by atoms with E-state index >= 15 is 0 Å². The van der Waals surface area contributed by atoms with Crippen LogP contribution in [-0.2, 0) is 26.1 Å². The lowest BCUT2D eigenvalue weighted by Gasteiger charge is -2.33. The molecule has 182 valence electrons. The Bertz CT molecular complexity index is 1110. The van der Waals surface area contributed by atoms with Crippen molar-refractivity contribution >= 4 is 21.6 Å². The molecule has 1 heterocycles. The summed E-state index contributed by atoms with van der Waals surface area (Å²) in [5, 5.41) is 3.96. The fraction of sp³-hybridized carbons (Fsp3) is 0.440. The highest BCUT2D eigenvalue weighted by Gasteiger charge is 2.39. The summed E-state index contributed by atoms with van der Waals surface area (Å²) < 4.78 is 29.9. The maximum atomic E-state index is 13.0. The molecule has 0 radical (unpaired) electrons. The Morgan fingerprint density at radius 1 is 1.00 bits per heavy atom. The van der Waals surface area contributed by atoms with E-state index in [-0.39, 0.29) is 41.9 Å². The Balaban J connectivity index is 1.39. The van der Waals surface area contributed by atoms with Gasteiger partial charge in [-0.3, -0.25) is 4.79 Å². The fourth-order valence-electron chi connectivity index (χ4n) is 4.70. The van der Waals surface area contributed by atoms with E-state index in [0.29, 0.717) is 24.3 Å². The Morgan fingerprint density at radius 2 is 1.71 bits per heavy atom. The van der Waals surface area contributed by atoms with Crippen LogP contribution in [0.1, 0.15) is 43.2 Å². The number of carbonyl (C=O) groups is 1. The van der Waals surface area contributed by atoms with Gasteiger partial charge in [0.1, 0.15) is 12.4 Å². The summed E-state index contributed by atoms with van der Waals surface area (Å²) in [6.07, 6.45) is 4.33. The predicted octanol–water partition coefficient (Wildman–Crippen LogP) is 2.86. The number of hydrogen-bond acceptors (Lipinski definition) is 6. The van der Waals surface area contributed by atoms with Crippen LogP contribution in [0.15, 0.2) is 59.8 Å².